The highest BCUT2D eigenvalue weighted by Crippen LogP contribution is 2.27. The lowest BCUT2D eigenvalue weighted by Crippen LogP contribution is -2.35. The third-order valence-electron chi connectivity index (χ3n) is 3.92. The van der Waals surface area contributed by atoms with Gasteiger partial charge < -0.3 is 10.6 Å². The van der Waals surface area contributed by atoms with E-state index in [1.807, 2.05) is 11.0 Å². The van der Waals surface area contributed by atoms with Gasteiger partial charge in [-0.2, -0.15) is 0 Å². The van der Waals surface area contributed by atoms with Crippen molar-refractivity contribution in [2.45, 2.75) is 39.0 Å². The molecule has 1 aliphatic heterocycles. The Morgan fingerprint density at radius 1 is 1.37 bits per heavy atom. The quantitative estimate of drug-likeness (QED) is 0.885. The summed E-state index contributed by atoms with van der Waals surface area (Å²) in [4.78, 5) is 14.3. The van der Waals surface area contributed by atoms with Crippen LogP contribution in [0.3, 0.4) is 0 Å². The number of hydrogen-bond donors (Lipinski definition) is 1. The normalized spacial score (nSPS) is 16.0. The van der Waals surface area contributed by atoms with Crippen molar-refractivity contribution in [2.75, 3.05) is 18.0 Å². The number of nitrogens with two attached hydrogens (primary N) is 1. The summed E-state index contributed by atoms with van der Waals surface area (Å²) in [6.07, 6.45) is 4.73. The molecular weight excluding hydrogens is 236 g/mol. The number of anilines is 1. The van der Waals surface area contributed by atoms with Gasteiger partial charge in [-0.25, -0.2) is 0 Å². The Labute approximate surface area is 115 Å². The Bertz CT molecular complexity index is 431. The standard InChI is InChI=1S/C16H24N2O/c1-13(10-11-17)8-9-16(19)18-12-4-6-14-5-2-3-7-15(14)18/h2-3,5,7,13H,4,6,8-12,17H2,1H3. The summed E-state index contributed by atoms with van der Waals surface area (Å²) in [6, 6.07) is 8.26. The highest BCUT2D eigenvalue weighted by molar-refractivity contribution is 5.94. The number of para-hydroxylation sites is 1. The molecule has 3 heteroatoms. The van der Waals surface area contributed by atoms with Gasteiger partial charge >= 0.3 is 0 Å². The van der Waals surface area contributed by atoms with Crippen molar-refractivity contribution in [3.8, 4) is 0 Å². The van der Waals surface area contributed by atoms with Crippen molar-refractivity contribution in [3.63, 3.8) is 0 Å². The summed E-state index contributed by atoms with van der Waals surface area (Å²) in [6.45, 7) is 3.74. The summed E-state index contributed by atoms with van der Waals surface area (Å²) in [5, 5.41) is 0. The molecule has 0 saturated heterocycles. The van der Waals surface area contributed by atoms with E-state index in [-0.39, 0.29) is 5.91 Å². The van der Waals surface area contributed by atoms with Crippen LogP contribution in [0.5, 0.6) is 0 Å². The smallest absolute Gasteiger partial charge is 0.226 e. The Hall–Kier alpha value is -1.35. The van der Waals surface area contributed by atoms with Gasteiger partial charge in [0.05, 0.1) is 0 Å². The molecule has 2 N–H and O–H groups in total. The largest absolute Gasteiger partial charge is 0.330 e. The second-order valence-electron chi connectivity index (χ2n) is 5.50. The van der Waals surface area contributed by atoms with Crippen molar-refractivity contribution < 1.29 is 4.79 Å². The van der Waals surface area contributed by atoms with Crippen molar-refractivity contribution in [1.82, 2.24) is 0 Å². The summed E-state index contributed by atoms with van der Waals surface area (Å²) in [7, 11) is 0. The van der Waals surface area contributed by atoms with Crippen LogP contribution in [0.1, 0.15) is 38.2 Å². The second-order valence-corrected chi connectivity index (χ2v) is 5.50. The Kier molecular flexibility index (Phi) is 4.97. The van der Waals surface area contributed by atoms with Gasteiger partial charge in [-0.1, -0.05) is 25.1 Å². The highest BCUT2D eigenvalue weighted by atomic mass is 16.2. The van der Waals surface area contributed by atoms with Crippen molar-refractivity contribution in [1.29, 1.82) is 0 Å². The van der Waals surface area contributed by atoms with Gasteiger partial charge in [0.25, 0.3) is 0 Å². The van der Waals surface area contributed by atoms with E-state index in [0.717, 1.165) is 37.9 Å². The molecule has 104 valence electrons. The number of fused-ring (bicyclic) bond motifs is 1. The lowest BCUT2D eigenvalue weighted by molar-refractivity contribution is -0.119. The maximum absolute atomic E-state index is 12.4. The maximum Gasteiger partial charge on any atom is 0.226 e. The number of carbonyl (C=O) groups excluding carboxylic acids is 1. The van der Waals surface area contributed by atoms with Crippen molar-refractivity contribution in [2.24, 2.45) is 11.7 Å². The molecule has 0 bridgehead atoms. The molecule has 1 unspecified atom stereocenters. The van der Waals surface area contributed by atoms with Crippen LogP contribution in [0.4, 0.5) is 5.69 Å². The van der Waals surface area contributed by atoms with E-state index in [4.69, 9.17) is 5.73 Å². The van der Waals surface area contributed by atoms with Crippen LogP contribution in [0.25, 0.3) is 0 Å². The molecular formula is C16H24N2O. The number of hydrogen-bond acceptors (Lipinski definition) is 2. The van der Waals surface area contributed by atoms with E-state index in [0.29, 0.717) is 18.9 Å². The number of nitrogens with zero attached hydrogens (tertiary/aromatic N) is 1. The number of amides is 1. The van der Waals surface area contributed by atoms with E-state index in [1.165, 1.54) is 5.56 Å². The van der Waals surface area contributed by atoms with Crippen LogP contribution < -0.4 is 10.6 Å². The van der Waals surface area contributed by atoms with Crippen molar-refractivity contribution in [3.05, 3.63) is 29.8 Å². The van der Waals surface area contributed by atoms with Gasteiger partial charge in [-0.05, 0) is 49.8 Å². The van der Waals surface area contributed by atoms with Crippen molar-refractivity contribution >= 4 is 11.6 Å². The number of rotatable bonds is 5. The lowest BCUT2D eigenvalue weighted by atomic mass is 9.99. The van der Waals surface area contributed by atoms with Crippen LogP contribution in [-0.4, -0.2) is 19.0 Å². The first-order chi connectivity index (χ1) is 9.22. The van der Waals surface area contributed by atoms with Crippen LogP contribution >= 0.6 is 0 Å². The van der Waals surface area contributed by atoms with Gasteiger partial charge in [0.1, 0.15) is 0 Å². The number of carbonyl (C=O) groups is 1. The maximum atomic E-state index is 12.4. The Morgan fingerprint density at radius 2 is 2.16 bits per heavy atom. The van der Waals surface area contributed by atoms with E-state index in [2.05, 4.69) is 25.1 Å². The average molecular weight is 260 g/mol. The van der Waals surface area contributed by atoms with E-state index in [9.17, 15) is 4.79 Å². The number of aryl methyl sites for hydroxylation is 1. The molecule has 0 aromatic heterocycles. The molecule has 1 aromatic carbocycles. The molecule has 3 nitrogen and oxygen atoms in total. The summed E-state index contributed by atoms with van der Waals surface area (Å²) < 4.78 is 0. The minimum atomic E-state index is 0.260. The minimum absolute atomic E-state index is 0.260. The molecule has 1 aromatic rings. The zero-order valence-corrected chi connectivity index (χ0v) is 11.8. The van der Waals surface area contributed by atoms with Gasteiger partial charge in [0.2, 0.25) is 5.91 Å². The molecule has 0 aliphatic carbocycles. The SMILES string of the molecule is CC(CCN)CCC(=O)N1CCCc2ccccc21. The number of benzene rings is 1. The first-order valence-corrected chi connectivity index (χ1v) is 7.30. The molecule has 0 fully saturated rings. The predicted molar refractivity (Wildman–Crippen MR) is 79.2 cm³/mol. The average Bonchev–Trinajstić information content (AvgIpc) is 2.44. The second kappa shape index (κ2) is 6.71. The molecule has 19 heavy (non-hydrogen) atoms. The van der Waals surface area contributed by atoms with E-state index >= 15 is 0 Å². The monoisotopic (exact) mass is 260 g/mol. The Morgan fingerprint density at radius 3 is 2.95 bits per heavy atom. The van der Waals surface area contributed by atoms with E-state index < -0.39 is 0 Å². The topological polar surface area (TPSA) is 46.3 Å². The van der Waals surface area contributed by atoms with Crippen LogP contribution in [0.2, 0.25) is 0 Å². The molecule has 0 radical (unpaired) electrons. The van der Waals surface area contributed by atoms with Gasteiger partial charge in [0.15, 0.2) is 0 Å². The molecule has 1 aliphatic rings. The summed E-state index contributed by atoms with van der Waals surface area (Å²) in [5.74, 6) is 0.796. The van der Waals surface area contributed by atoms with Crippen LogP contribution in [0.15, 0.2) is 24.3 Å². The molecule has 0 spiro atoms. The fourth-order valence-corrected chi connectivity index (χ4v) is 2.73. The fourth-order valence-electron chi connectivity index (χ4n) is 2.73. The first-order valence-electron chi connectivity index (χ1n) is 7.30. The zero-order valence-electron chi connectivity index (χ0n) is 11.8. The first kappa shape index (κ1) is 14.1. The van der Waals surface area contributed by atoms with Gasteiger partial charge in [0, 0.05) is 18.7 Å². The molecule has 0 saturated carbocycles. The molecule has 1 heterocycles. The van der Waals surface area contributed by atoms with Crippen LogP contribution in [0, 0.1) is 5.92 Å². The van der Waals surface area contributed by atoms with Crippen LogP contribution in [-0.2, 0) is 11.2 Å². The molecule has 1 amide bonds. The Balaban J connectivity index is 1.97. The predicted octanol–water partition coefficient (Wildman–Crippen LogP) is 2.73. The minimum Gasteiger partial charge on any atom is -0.330 e. The molecule has 2 rings (SSSR count). The fraction of sp³-hybridized carbons (Fsp3) is 0.562. The lowest BCUT2D eigenvalue weighted by Gasteiger charge is -2.29. The summed E-state index contributed by atoms with van der Waals surface area (Å²) >= 11 is 0. The third-order valence-corrected chi connectivity index (χ3v) is 3.92. The summed E-state index contributed by atoms with van der Waals surface area (Å²) in [5.41, 5.74) is 7.97. The third kappa shape index (κ3) is 3.57. The highest BCUT2D eigenvalue weighted by Gasteiger charge is 2.21. The van der Waals surface area contributed by atoms with E-state index in [1.54, 1.807) is 0 Å². The van der Waals surface area contributed by atoms with Gasteiger partial charge in [-0.15, -0.1) is 0 Å². The van der Waals surface area contributed by atoms with Gasteiger partial charge in [-0.3, -0.25) is 4.79 Å². The molecule has 1 atom stereocenters. The zero-order chi connectivity index (χ0) is 13.7.